The molecule has 6 nitrogen and oxygen atoms in total. The standard InChI is InChI=1S/C20H22N4O2S/c1-3-22-20(25)19-18(12(2)26-23-19)14-6-4-13(5-7-14)17(9-21)24-10-16-8-15(24)11-27-16/h4-7,15-17H,3,8,10-11H2,1-2H3,(H,22,25). The van der Waals surface area contributed by atoms with E-state index in [0.29, 0.717) is 34.9 Å². The molecular formula is C20H22N4O2S. The monoisotopic (exact) mass is 382 g/mol. The molecule has 0 radical (unpaired) electrons. The summed E-state index contributed by atoms with van der Waals surface area (Å²) in [5.41, 5.74) is 2.87. The number of hydrogen-bond acceptors (Lipinski definition) is 6. The zero-order valence-electron chi connectivity index (χ0n) is 15.4. The minimum Gasteiger partial charge on any atom is -0.360 e. The second-order valence-electron chi connectivity index (χ2n) is 7.02. The first-order valence-electron chi connectivity index (χ1n) is 9.24. The Kier molecular flexibility index (Phi) is 4.94. The van der Waals surface area contributed by atoms with Gasteiger partial charge < -0.3 is 9.84 Å². The number of nitriles is 1. The molecular weight excluding hydrogens is 360 g/mol. The number of carbonyl (C=O) groups is 1. The molecule has 1 aromatic carbocycles. The number of benzene rings is 1. The van der Waals surface area contributed by atoms with Crippen molar-refractivity contribution in [2.75, 3.05) is 18.8 Å². The van der Waals surface area contributed by atoms with E-state index >= 15 is 0 Å². The lowest BCUT2D eigenvalue weighted by molar-refractivity contribution is 0.0947. The van der Waals surface area contributed by atoms with Crippen molar-refractivity contribution in [1.29, 1.82) is 5.26 Å². The van der Waals surface area contributed by atoms with E-state index in [1.165, 1.54) is 6.42 Å². The van der Waals surface area contributed by atoms with Crippen molar-refractivity contribution in [3.8, 4) is 17.2 Å². The Morgan fingerprint density at radius 1 is 1.48 bits per heavy atom. The average molecular weight is 382 g/mol. The number of fused-ring (bicyclic) bond motifs is 2. The van der Waals surface area contributed by atoms with Gasteiger partial charge in [-0.25, -0.2) is 0 Å². The fraction of sp³-hybridized carbons (Fsp3) is 0.450. The molecule has 2 aliphatic rings. The van der Waals surface area contributed by atoms with E-state index in [9.17, 15) is 10.1 Å². The molecule has 1 amide bonds. The van der Waals surface area contributed by atoms with Gasteiger partial charge in [-0.05, 0) is 31.4 Å². The van der Waals surface area contributed by atoms with Gasteiger partial charge in [0.15, 0.2) is 5.69 Å². The molecule has 0 saturated carbocycles. The molecule has 1 aromatic heterocycles. The molecule has 7 heteroatoms. The van der Waals surface area contributed by atoms with Crippen LogP contribution >= 0.6 is 11.8 Å². The SMILES string of the molecule is CCNC(=O)c1noc(C)c1-c1ccc(C(C#N)N2CC3CC2CS3)cc1. The van der Waals surface area contributed by atoms with Crippen LogP contribution in [0.1, 0.15) is 41.2 Å². The molecule has 2 aromatic rings. The number of rotatable bonds is 5. The van der Waals surface area contributed by atoms with Gasteiger partial charge in [0.1, 0.15) is 11.8 Å². The number of aryl methyl sites for hydroxylation is 1. The Labute approximate surface area is 162 Å². The third-order valence-electron chi connectivity index (χ3n) is 5.33. The third kappa shape index (κ3) is 3.24. The molecule has 2 aliphatic heterocycles. The molecule has 140 valence electrons. The van der Waals surface area contributed by atoms with Gasteiger partial charge in [0.05, 0.1) is 11.6 Å². The van der Waals surface area contributed by atoms with Gasteiger partial charge in [-0.2, -0.15) is 17.0 Å². The summed E-state index contributed by atoms with van der Waals surface area (Å²) in [6, 6.07) is 10.6. The summed E-state index contributed by atoms with van der Waals surface area (Å²) in [6.07, 6.45) is 1.19. The summed E-state index contributed by atoms with van der Waals surface area (Å²) in [4.78, 5) is 14.6. The lowest BCUT2D eigenvalue weighted by atomic mass is 9.98. The molecule has 2 fully saturated rings. The van der Waals surface area contributed by atoms with Gasteiger partial charge in [-0.3, -0.25) is 9.69 Å². The fourth-order valence-electron chi connectivity index (χ4n) is 4.03. The Balaban J connectivity index is 1.60. The molecule has 27 heavy (non-hydrogen) atoms. The molecule has 1 N–H and O–H groups in total. The van der Waals surface area contributed by atoms with E-state index in [4.69, 9.17) is 4.52 Å². The molecule has 2 saturated heterocycles. The van der Waals surface area contributed by atoms with E-state index in [1.807, 2.05) is 43.0 Å². The maximum atomic E-state index is 12.2. The van der Waals surface area contributed by atoms with Crippen molar-refractivity contribution in [3.63, 3.8) is 0 Å². The second kappa shape index (κ2) is 7.37. The summed E-state index contributed by atoms with van der Waals surface area (Å²) >= 11 is 2.02. The van der Waals surface area contributed by atoms with Crippen LogP contribution < -0.4 is 5.32 Å². The first kappa shape index (κ1) is 18.1. The highest BCUT2D eigenvalue weighted by Crippen LogP contribution is 2.42. The quantitative estimate of drug-likeness (QED) is 0.855. The van der Waals surface area contributed by atoms with Crippen molar-refractivity contribution in [2.45, 2.75) is 37.6 Å². The number of carbonyl (C=O) groups excluding carboxylic acids is 1. The van der Waals surface area contributed by atoms with Gasteiger partial charge in [0, 0.05) is 30.1 Å². The highest BCUT2D eigenvalue weighted by Gasteiger charge is 2.42. The number of thioether (sulfide) groups is 1. The molecule has 3 atom stereocenters. The first-order valence-corrected chi connectivity index (χ1v) is 10.3. The first-order chi connectivity index (χ1) is 13.1. The number of nitrogens with one attached hydrogen (secondary N) is 1. The summed E-state index contributed by atoms with van der Waals surface area (Å²) in [7, 11) is 0. The van der Waals surface area contributed by atoms with Crippen LogP contribution in [0, 0.1) is 18.3 Å². The minimum atomic E-state index is -0.242. The normalized spacial score (nSPS) is 22.6. The molecule has 0 aliphatic carbocycles. The highest BCUT2D eigenvalue weighted by molar-refractivity contribution is 8.00. The van der Waals surface area contributed by atoms with Crippen LogP contribution in [0.15, 0.2) is 28.8 Å². The van der Waals surface area contributed by atoms with Crippen LogP contribution in [0.5, 0.6) is 0 Å². The topological polar surface area (TPSA) is 82.2 Å². The van der Waals surface area contributed by atoms with E-state index in [-0.39, 0.29) is 11.9 Å². The molecule has 3 heterocycles. The van der Waals surface area contributed by atoms with Crippen LogP contribution in [0.2, 0.25) is 0 Å². The Bertz CT molecular complexity index is 886. The van der Waals surface area contributed by atoms with Crippen molar-refractivity contribution in [1.82, 2.24) is 15.4 Å². The number of nitrogens with zero attached hydrogens (tertiary/aromatic N) is 3. The average Bonchev–Trinajstić information content (AvgIpc) is 3.39. The van der Waals surface area contributed by atoms with Crippen LogP contribution in [0.4, 0.5) is 0 Å². The Morgan fingerprint density at radius 2 is 2.26 bits per heavy atom. The second-order valence-corrected chi connectivity index (χ2v) is 8.35. The van der Waals surface area contributed by atoms with Gasteiger partial charge in [-0.1, -0.05) is 29.4 Å². The number of hydrogen-bond donors (Lipinski definition) is 1. The molecule has 0 spiro atoms. The Hall–Kier alpha value is -2.30. The lowest BCUT2D eigenvalue weighted by Crippen LogP contribution is -2.36. The van der Waals surface area contributed by atoms with Gasteiger partial charge in [0.25, 0.3) is 5.91 Å². The van der Waals surface area contributed by atoms with E-state index in [2.05, 4.69) is 21.4 Å². The lowest BCUT2D eigenvalue weighted by Gasteiger charge is -2.30. The number of amides is 1. The summed E-state index contributed by atoms with van der Waals surface area (Å²) < 4.78 is 5.26. The van der Waals surface area contributed by atoms with E-state index < -0.39 is 0 Å². The zero-order valence-corrected chi connectivity index (χ0v) is 16.3. The van der Waals surface area contributed by atoms with Gasteiger partial charge in [0.2, 0.25) is 0 Å². The maximum Gasteiger partial charge on any atom is 0.274 e. The zero-order chi connectivity index (χ0) is 19.0. The molecule has 2 bridgehead atoms. The highest BCUT2D eigenvalue weighted by atomic mass is 32.2. The number of aromatic nitrogens is 1. The van der Waals surface area contributed by atoms with Crippen LogP contribution in [-0.2, 0) is 0 Å². The number of likely N-dealkylation sites (tertiary alicyclic amines) is 1. The van der Waals surface area contributed by atoms with Crippen molar-refractivity contribution >= 4 is 17.7 Å². The molecule has 3 unspecified atom stereocenters. The van der Waals surface area contributed by atoms with Gasteiger partial charge >= 0.3 is 0 Å². The summed E-state index contributed by atoms with van der Waals surface area (Å²) in [5.74, 6) is 1.49. The summed E-state index contributed by atoms with van der Waals surface area (Å²) in [6.45, 7) is 5.19. The van der Waals surface area contributed by atoms with Crippen molar-refractivity contribution in [3.05, 3.63) is 41.3 Å². The maximum absolute atomic E-state index is 12.2. The van der Waals surface area contributed by atoms with Crippen LogP contribution in [0.25, 0.3) is 11.1 Å². The predicted octanol–water partition coefficient (Wildman–Crippen LogP) is 3.15. The minimum absolute atomic E-state index is 0.221. The predicted molar refractivity (Wildman–Crippen MR) is 104 cm³/mol. The summed E-state index contributed by atoms with van der Waals surface area (Å²) in [5, 5.41) is 17.1. The smallest absolute Gasteiger partial charge is 0.274 e. The van der Waals surface area contributed by atoms with Crippen molar-refractivity contribution < 1.29 is 9.32 Å². The van der Waals surface area contributed by atoms with E-state index in [1.54, 1.807) is 6.92 Å². The molecule has 4 rings (SSSR count). The van der Waals surface area contributed by atoms with Crippen LogP contribution in [-0.4, -0.2) is 46.1 Å². The van der Waals surface area contributed by atoms with Crippen molar-refractivity contribution in [2.24, 2.45) is 0 Å². The van der Waals surface area contributed by atoms with Crippen LogP contribution in [0.3, 0.4) is 0 Å². The Morgan fingerprint density at radius 3 is 2.85 bits per heavy atom. The van der Waals surface area contributed by atoms with Gasteiger partial charge in [-0.15, -0.1) is 0 Å². The third-order valence-corrected chi connectivity index (χ3v) is 6.72. The largest absolute Gasteiger partial charge is 0.360 e. The fourth-order valence-corrected chi connectivity index (χ4v) is 5.49. The van der Waals surface area contributed by atoms with E-state index in [0.717, 1.165) is 23.4 Å².